The molecule has 1 aromatic carbocycles. The molecule has 2 atom stereocenters. The van der Waals surface area contributed by atoms with Gasteiger partial charge in [0.2, 0.25) is 5.91 Å². The Morgan fingerprint density at radius 2 is 2.10 bits per heavy atom. The number of ether oxygens (including phenoxy) is 1. The molecule has 2 rings (SSSR count). The molecule has 1 aromatic rings. The molecule has 0 bridgehead atoms. The summed E-state index contributed by atoms with van der Waals surface area (Å²) in [5.74, 6) is -0.0443. The molecule has 2 N–H and O–H groups in total. The number of nitrogens with two attached hydrogens (primary N) is 1. The highest BCUT2D eigenvalue weighted by molar-refractivity contribution is 9.10. The van der Waals surface area contributed by atoms with Gasteiger partial charge in [-0.05, 0) is 38.0 Å². The van der Waals surface area contributed by atoms with Crippen molar-refractivity contribution < 1.29 is 9.53 Å². The maximum Gasteiger partial charge on any atom is 0.247 e. The summed E-state index contributed by atoms with van der Waals surface area (Å²) in [6, 6.07) is 7.59. The summed E-state index contributed by atoms with van der Waals surface area (Å²) in [6.07, 6.45) is 0.911. The lowest BCUT2D eigenvalue weighted by atomic mass is 9.91. The number of carbonyl (C=O) groups excluding carboxylic acids is 1. The van der Waals surface area contributed by atoms with Gasteiger partial charge in [0.05, 0.1) is 6.10 Å². The minimum absolute atomic E-state index is 0.0443. The summed E-state index contributed by atoms with van der Waals surface area (Å²) in [6.45, 7) is 5.76. The molecule has 0 aromatic heterocycles. The highest BCUT2D eigenvalue weighted by atomic mass is 79.9. The van der Waals surface area contributed by atoms with E-state index >= 15 is 0 Å². The molecule has 1 saturated heterocycles. The van der Waals surface area contributed by atoms with Gasteiger partial charge in [-0.2, -0.15) is 0 Å². The average Bonchev–Trinajstić information content (AvgIpc) is 2.63. The first-order valence-corrected chi connectivity index (χ1v) is 7.66. The predicted molar refractivity (Wildman–Crippen MR) is 82.3 cm³/mol. The quantitative estimate of drug-likeness (QED) is 0.898. The Labute approximate surface area is 128 Å². The van der Waals surface area contributed by atoms with Crippen LogP contribution < -0.4 is 5.73 Å². The maximum atomic E-state index is 12.7. The SMILES string of the molecule is CC1CN(C(=O)C(C)(N)c2ccc(Br)cc2)CCCO1. The number of hydrogen-bond acceptors (Lipinski definition) is 3. The molecule has 2 unspecified atom stereocenters. The Balaban J connectivity index is 2.19. The Hall–Kier alpha value is -0.910. The molecule has 1 amide bonds. The maximum absolute atomic E-state index is 12.7. The average molecular weight is 341 g/mol. The van der Waals surface area contributed by atoms with Crippen LogP contribution in [0.3, 0.4) is 0 Å². The topological polar surface area (TPSA) is 55.6 Å². The van der Waals surface area contributed by atoms with Crippen LogP contribution in [0.5, 0.6) is 0 Å². The van der Waals surface area contributed by atoms with Crippen LogP contribution >= 0.6 is 15.9 Å². The lowest BCUT2D eigenvalue weighted by Crippen LogP contribution is -2.52. The van der Waals surface area contributed by atoms with Crippen molar-refractivity contribution in [3.8, 4) is 0 Å². The van der Waals surface area contributed by atoms with E-state index in [0.29, 0.717) is 19.7 Å². The highest BCUT2D eigenvalue weighted by Crippen LogP contribution is 2.23. The van der Waals surface area contributed by atoms with E-state index in [4.69, 9.17) is 10.5 Å². The third-order valence-corrected chi connectivity index (χ3v) is 4.16. The van der Waals surface area contributed by atoms with Gasteiger partial charge in [0.1, 0.15) is 5.54 Å². The van der Waals surface area contributed by atoms with Crippen LogP contribution in [-0.4, -0.2) is 36.6 Å². The largest absolute Gasteiger partial charge is 0.377 e. The summed E-state index contributed by atoms with van der Waals surface area (Å²) >= 11 is 3.39. The number of amides is 1. The molecule has 1 aliphatic rings. The monoisotopic (exact) mass is 340 g/mol. The number of rotatable bonds is 2. The van der Waals surface area contributed by atoms with E-state index in [1.165, 1.54) is 0 Å². The third kappa shape index (κ3) is 3.40. The van der Waals surface area contributed by atoms with Crippen molar-refractivity contribution in [3.63, 3.8) is 0 Å². The molecule has 1 aliphatic heterocycles. The lowest BCUT2D eigenvalue weighted by molar-refractivity contribution is -0.137. The smallest absolute Gasteiger partial charge is 0.247 e. The van der Waals surface area contributed by atoms with Crippen molar-refractivity contribution in [2.24, 2.45) is 5.73 Å². The standard InChI is InChI=1S/C15H21BrN2O2/c1-11-10-18(8-3-9-20-11)14(19)15(2,17)12-4-6-13(16)7-5-12/h4-7,11H,3,8-10,17H2,1-2H3. The zero-order valence-electron chi connectivity index (χ0n) is 11.9. The van der Waals surface area contributed by atoms with Crippen molar-refractivity contribution in [3.05, 3.63) is 34.3 Å². The van der Waals surface area contributed by atoms with Gasteiger partial charge in [0.15, 0.2) is 0 Å². The van der Waals surface area contributed by atoms with Gasteiger partial charge in [-0.15, -0.1) is 0 Å². The summed E-state index contributed by atoms with van der Waals surface area (Å²) in [5, 5.41) is 0. The van der Waals surface area contributed by atoms with Gasteiger partial charge >= 0.3 is 0 Å². The van der Waals surface area contributed by atoms with Gasteiger partial charge in [-0.1, -0.05) is 28.1 Å². The Morgan fingerprint density at radius 1 is 1.45 bits per heavy atom. The summed E-state index contributed by atoms with van der Waals surface area (Å²) in [4.78, 5) is 14.6. The second-order valence-corrected chi connectivity index (χ2v) is 6.41. The Morgan fingerprint density at radius 3 is 2.75 bits per heavy atom. The molecule has 0 saturated carbocycles. The van der Waals surface area contributed by atoms with E-state index in [-0.39, 0.29) is 12.0 Å². The summed E-state index contributed by atoms with van der Waals surface area (Å²) in [5.41, 5.74) is 6.13. The van der Waals surface area contributed by atoms with Crippen molar-refractivity contribution in [1.82, 2.24) is 4.90 Å². The van der Waals surface area contributed by atoms with E-state index in [2.05, 4.69) is 15.9 Å². The molecular formula is C15H21BrN2O2. The van der Waals surface area contributed by atoms with Crippen molar-refractivity contribution in [2.45, 2.75) is 31.9 Å². The normalized spacial score (nSPS) is 23.0. The molecular weight excluding hydrogens is 320 g/mol. The number of nitrogens with zero attached hydrogens (tertiary/aromatic N) is 1. The van der Waals surface area contributed by atoms with E-state index in [0.717, 1.165) is 16.5 Å². The highest BCUT2D eigenvalue weighted by Gasteiger charge is 2.35. The molecule has 0 spiro atoms. The van der Waals surface area contributed by atoms with Crippen molar-refractivity contribution in [1.29, 1.82) is 0 Å². The van der Waals surface area contributed by atoms with E-state index in [9.17, 15) is 4.79 Å². The molecule has 0 radical (unpaired) electrons. The zero-order chi connectivity index (χ0) is 14.8. The van der Waals surface area contributed by atoms with Gasteiger partial charge in [-0.3, -0.25) is 4.79 Å². The molecule has 20 heavy (non-hydrogen) atoms. The number of hydrogen-bond donors (Lipinski definition) is 1. The van der Waals surface area contributed by atoms with Crippen LogP contribution in [-0.2, 0) is 15.1 Å². The second-order valence-electron chi connectivity index (χ2n) is 5.50. The van der Waals surface area contributed by atoms with Crippen LogP contribution in [0, 0.1) is 0 Å². The van der Waals surface area contributed by atoms with Crippen molar-refractivity contribution in [2.75, 3.05) is 19.7 Å². The van der Waals surface area contributed by atoms with Crippen LogP contribution in [0.1, 0.15) is 25.8 Å². The minimum atomic E-state index is -1.01. The fourth-order valence-electron chi connectivity index (χ4n) is 2.43. The zero-order valence-corrected chi connectivity index (χ0v) is 13.5. The predicted octanol–water partition coefficient (Wildman–Crippen LogP) is 2.26. The molecule has 5 heteroatoms. The van der Waals surface area contributed by atoms with E-state index in [1.54, 1.807) is 6.92 Å². The van der Waals surface area contributed by atoms with Crippen LogP contribution in [0.25, 0.3) is 0 Å². The van der Waals surface area contributed by atoms with Gasteiger partial charge in [0.25, 0.3) is 0 Å². The first-order chi connectivity index (χ1) is 9.41. The number of halogens is 1. The van der Waals surface area contributed by atoms with Gasteiger partial charge in [-0.25, -0.2) is 0 Å². The van der Waals surface area contributed by atoms with Gasteiger partial charge < -0.3 is 15.4 Å². The lowest BCUT2D eigenvalue weighted by Gasteiger charge is -2.32. The molecule has 110 valence electrons. The first kappa shape index (κ1) is 15.5. The Bertz CT molecular complexity index is 473. The van der Waals surface area contributed by atoms with Crippen LogP contribution in [0.2, 0.25) is 0 Å². The van der Waals surface area contributed by atoms with Crippen molar-refractivity contribution >= 4 is 21.8 Å². The third-order valence-electron chi connectivity index (χ3n) is 3.63. The molecule has 1 fully saturated rings. The number of benzene rings is 1. The van der Waals surface area contributed by atoms with Crippen LogP contribution in [0.4, 0.5) is 0 Å². The first-order valence-electron chi connectivity index (χ1n) is 6.87. The van der Waals surface area contributed by atoms with Gasteiger partial charge in [0, 0.05) is 24.2 Å². The van der Waals surface area contributed by atoms with E-state index < -0.39 is 5.54 Å². The molecule has 4 nitrogen and oxygen atoms in total. The fraction of sp³-hybridized carbons (Fsp3) is 0.533. The molecule has 1 heterocycles. The fourth-order valence-corrected chi connectivity index (χ4v) is 2.69. The second kappa shape index (κ2) is 6.24. The van der Waals surface area contributed by atoms with E-state index in [1.807, 2.05) is 36.1 Å². The number of carbonyl (C=O) groups is 1. The molecule has 0 aliphatic carbocycles. The van der Waals surface area contributed by atoms with Crippen LogP contribution in [0.15, 0.2) is 28.7 Å². The minimum Gasteiger partial charge on any atom is -0.377 e. The summed E-state index contributed by atoms with van der Waals surface area (Å²) in [7, 11) is 0. The Kier molecular flexibility index (Phi) is 4.83. The summed E-state index contributed by atoms with van der Waals surface area (Å²) < 4.78 is 6.55.